The molecule has 1 aromatic heterocycles. The van der Waals surface area contributed by atoms with E-state index in [-0.39, 0.29) is 0 Å². The predicted molar refractivity (Wildman–Crippen MR) is 42.3 cm³/mol. The van der Waals surface area contributed by atoms with Crippen LogP contribution in [0.15, 0.2) is 23.0 Å². The lowest BCUT2D eigenvalue weighted by Crippen LogP contribution is -2.42. The summed E-state index contributed by atoms with van der Waals surface area (Å²) >= 11 is 0. The Kier molecular flexibility index (Phi) is 1.92. The quantitative estimate of drug-likeness (QED) is 0.615. The maximum atomic E-state index is 5.00. The normalized spacial score (nSPS) is 25.3. The minimum Gasteiger partial charge on any atom is -0.472 e. The first-order chi connectivity index (χ1) is 5.47. The molecule has 1 fully saturated rings. The predicted octanol–water partition coefficient (Wildman–Crippen LogP) is 0.513. The molecule has 1 atom stereocenters. The highest BCUT2D eigenvalue weighted by molar-refractivity contribution is 5.12. The fourth-order valence-corrected chi connectivity index (χ4v) is 1.36. The van der Waals surface area contributed by atoms with Gasteiger partial charge in [-0.25, -0.2) is 0 Å². The number of furan rings is 1. The van der Waals surface area contributed by atoms with Crippen LogP contribution in [-0.4, -0.2) is 19.6 Å². The van der Waals surface area contributed by atoms with Crippen LogP contribution in [-0.2, 0) is 0 Å². The van der Waals surface area contributed by atoms with Gasteiger partial charge in [-0.15, -0.1) is 0 Å². The summed E-state index contributed by atoms with van der Waals surface area (Å²) in [6.45, 7) is 3.10. The average molecular weight is 152 g/mol. The first-order valence-electron chi connectivity index (χ1n) is 3.93. The van der Waals surface area contributed by atoms with Gasteiger partial charge in [-0.3, -0.25) is 0 Å². The largest absolute Gasteiger partial charge is 0.472 e. The molecular weight excluding hydrogens is 140 g/mol. The van der Waals surface area contributed by atoms with Crippen LogP contribution >= 0.6 is 0 Å². The van der Waals surface area contributed by atoms with Crippen molar-refractivity contribution in [3.8, 4) is 0 Å². The Hall–Kier alpha value is -0.800. The van der Waals surface area contributed by atoms with Gasteiger partial charge in [0.15, 0.2) is 0 Å². The summed E-state index contributed by atoms with van der Waals surface area (Å²) < 4.78 is 5.00. The molecule has 2 rings (SSSR count). The topological polar surface area (TPSA) is 37.2 Å². The lowest BCUT2D eigenvalue weighted by molar-refractivity contribution is 0.426. The Balaban J connectivity index is 2.04. The van der Waals surface area contributed by atoms with Crippen LogP contribution in [0.1, 0.15) is 11.6 Å². The molecule has 0 aromatic carbocycles. The molecule has 0 unspecified atom stereocenters. The highest BCUT2D eigenvalue weighted by atomic mass is 16.3. The molecule has 60 valence electrons. The molecule has 11 heavy (non-hydrogen) atoms. The Labute approximate surface area is 65.8 Å². The zero-order chi connectivity index (χ0) is 7.52. The molecule has 0 spiro atoms. The highest BCUT2D eigenvalue weighted by Crippen LogP contribution is 2.13. The summed E-state index contributed by atoms with van der Waals surface area (Å²) in [5.41, 5.74) is 1.23. The van der Waals surface area contributed by atoms with E-state index in [1.807, 2.05) is 6.07 Å². The average Bonchev–Trinajstić information content (AvgIpc) is 2.58. The van der Waals surface area contributed by atoms with Gasteiger partial charge in [0.1, 0.15) is 0 Å². The third kappa shape index (κ3) is 1.44. The van der Waals surface area contributed by atoms with Gasteiger partial charge in [0.05, 0.1) is 12.5 Å². The van der Waals surface area contributed by atoms with Crippen molar-refractivity contribution in [3.05, 3.63) is 24.2 Å². The molecular formula is C8H12N2O. The van der Waals surface area contributed by atoms with E-state index in [1.165, 1.54) is 5.56 Å². The summed E-state index contributed by atoms with van der Waals surface area (Å²) in [5, 5.41) is 6.72. The number of rotatable bonds is 1. The van der Waals surface area contributed by atoms with E-state index in [9.17, 15) is 0 Å². The van der Waals surface area contributed by atoms with Crippen molar-refractivity contribution in [3.63, 3.8) is 0 Å². The van der Waals surface area contributed by atoms with Gasteiger partial charge in [-0.1, -0.05) is 0 Å². The lowest BCUT2D eigenvalue weighted by atomic mass is 10.1. The molecule has 1 aliphatic rings. The number of hydrogen-bond donors (Lipinski definition) is 2. The molecule has 2 heterocycles. The van der Waals surface area contributed by atoms with E-state index in [0.717, 1.165) is 19.6 Å². The second-order valence-electron chi connectivity index (χ2n) is 2.77. The van der Waals surface area contributed by atoms with Gasteiger partial charge in [-0.2, -0.15) is 0 Å². The second-order valence-corrected chi connectivity index (χ2v) is 2.77. The van der Waals surface area contributed by atoms with Crippen LogP contribution in [0.3, 0.4) is 0 Å². The minimum atomic E-state index is 0.433. The number of nitrogens with one attached hydrogen (secondary N) is 2. The maximum absolute atomic E-state index is 5.00. The van der Waals surface area contributed by atoms with E-state index in [2.05, 4.69) is 10.6 Å². The molecule has 2 N–H and O–H groups in total. The minimum absolute atomic E-state index is 0.433. The SMILES string of the molecule is c1cc([C@H]2CNCCN2)co1. The third-order valence-corrected chi connectivity index (χ3v) is 1.99. The van der Waals surface area contributed by atoms with E-state index < -0.39 is 0 Å². The third-order valence-electron chi connectivity index (χ3n) is 1.99. The Morgan fingerprint density at radius 3 is 3.09 bits per heavy atom. The Morgan fingerprint density at radius 1 is 1.45 bits per heavy atom. The maximum Gasteiger partial charge on any atom is 0.0950 e. The van der Waals surface area contributed by atoms with Crippen LogP contribution in [0.2, 0.25) is 0 Å². The number of hydrogen-bond acceptors (Lipinski definition) is 3. The fourth-order valence-electron chi connectivity index (χ4n) is 1.36. The van der Waals surface area contributed by atoms with Crippen LogP contribution in [0.4, 0.5) is 0 Å². The summed E-state index contributed by atoms with van der Waals surface area (Å²) in [4.78, 5) is 0. The lowest BCUT2D eigenvalue weighted by Gasteiger charge is -2.23. The summed E-state index contributed by atoms with van der Waals surface area (Å²) in [6, 6.07) is 2.44. The van der Waals surface area contributed by atoms with E-state index >= 15 is 0 Å². The molecule has 0 aliphatic carbocycles. The first-order valence-corrected chi connectivity index (χ1v) is 3.93. The summed E-state index contributed by atoms with van der Waals surface area (Å²) in [6.07, 6.45) is 3.51. The van der Waals surface area contributed by atoms with Gasteiger partial charge in [0, 0.05) is 31.2 Å². The van der Waals surface area contributed by atoms with E-state index in [0.29, 0.717) is 6.04 Å². The van der Waals surface area contributed by atoms with Gasteiger partial charge in [-0.05, 0) is 6.07 Å². The fraction of sp³-hybridized carbons (Fsp3) is 0.500. The van der Waals surface area contributed by atoms with Gasteiger partial charge >= 0.3 is 0 Å². The first kappa shape index (κ1) is 6.88. The van der Waals surface area contributed by atoms with Crippen molar-refractivity contribution in [2.24, 2.45) is 0 Å². The summed E-state index contributed by atoms with van der Waals surface area (Å²) in [5.74, 6) is 0. The van der Waals surface area contributed by atoms with Crippen LogP contribution in [0.5, 0.6) is 0 Å². The smallest absolute Gasteiger partial charge is 0.0950 e. The molecule has 1 aliphatic heterocycles. The standard InChI is InChI=1S/C8H12N2O/c1-4-11-6-7(1)8-5-9-2-3-10-8/h1,4,6,8-10H,2-3,5H2/t8-/m1/s1. The van der Waals surface area contributed by atoms with Crippen LogP contribution in [0, 0.1) is 0 Å². The molecule has 0 amide bonds. The Morgan fingerprint density at radius 2 is 2.45 bits per heavy atom. The molecule has 0 saturated carbocycles. The van der Waals surface area contributed by atoms with Crippen LogP contribution < -0.4 is 10.6 Å². The van der Waals surface area contributed by atoms with Gasteiger partial charge in [0.2, 0.25) is 0 Å². The summed E-state index contributed by atoms with van der Waals surface area (Å²) in [7, 11) is 0. The zero-order valence-electron chi connectivity index (χ0n) is 6.34. The molecule has 1 aromatic rings. The molecule has 3 heteroatoms. The van der Waals surface area contributed by atoms with E-state index in [4.69, 9.17) is 4.42 Å². The molecule has 0 bridgehead atoms. The van der Waals surface area contributed by atoms with Crippen LogP contribution in [0.25, 0.3) is 0 Å². The molecule has 3 nitrogen and oxygen atoms in total. The molecule has 1 saturated heterocycles. The Bertz CT molecular complexity index is 202. The highest BCUT2D eigenvalue weighted by Gasteiger charge is 2.14. The van der Waals surface area contributed by atoms with E-state index in [1.54, 1.807) is 12.5 Å². The zero-order valence-corrected chi connectivity index (χ0v) is 6.34. The van der Waals surface area contributed by atoms with Crippen molar-refractivity contribution in [1.29, 1.82) is 0 Å². The second kappa shape index (κ2) is 3.07. The number of piperazine rings is 1. The monoisotopic (exact) mass is 152 g/mol. The van der Waals surface area contributed by atoms with Crippen molar-refractivity contribution >= 4 is 0 Å². The van der Waals surface area contributed by atoms with Crippen molar-refractivity contribution in [1.82, 2.24) is 10.6 Å². The van der Waals surface area contributed by atoms with Crippen molar-refractivity contribution < 1.29 is 4.42 Å². The van der Waals surface area contributed by atoms with Gasteiger partial charge < -0.3 is 15.1 Å². The molecule has 0 radical (unpaired) electrons. The van der Waals surface area contributed by atoms with Gasteiger partial charge in [0.25, 0.3) is 0 Å². The van der Waals surface area contributed by atoms with Crippen molar-refractivity contribution in [2.45, 2.75) is 6.04 Å². The van der Waals surface area contributed by atoms with Crippen molar-refractivity contribution in [2.75, 3.05) is 19.6 Å².